The number of para-hydroxylation sites is 1. The van der Waals surface area contributed by atoms with Gasteiger partial charge < -0.3 is 5.11 Å². The summed E-state index contributed by atoms with van der Waals surface area (Å²) in [6.07, 6.45) is 1.88. The molecule has 4 nitrogen and oxygen atoms in total. The first kappa shape index (κ1) is 44.7. The van der Waals surface area contributed by atoms with Crippen LogP contribution in [0, 0.1) is 6.07 Å². The van der Waals surface area contributed by atoms with Crippen LogP contribution in [-0.2, 0) is 21.1 Å². The number of hydrogen-bond acceptors (Lipinski definition) is 3. The third kappa shape index (κ3) is 9.02. The van der Waals surface area contributed by atoms with Gasteiger partial charge in [-0.2, -0.15) is 0 Å². The molecule has 1 N–H and O–H groups in total. The van der Waals surface area contributed by atoms with Crippen LogP contribution in [0.3, 0.4) is 0 Å². The van der Waals surface area contributed by atoms with Crippen LogP contribution >= 0.6 is 0 Å². The summed E-state index contributed by atoms with van der Waals surface area (Å²) in [7, 11) is 0. The molecule has 0 saturated carbocycles. The van der Waals surface area contributed by atoms with E-state index in [4.69, 9.17) is 11.3 Å². The fourth-order valence-corrected chi connectivity index (χ4v) is 9.15. The second-order valence-corrected chi connectivity index (χ2v) is 18.3. The molecule has 8 aromatic carbocycles. The maximum absolute atomic E-state index is 12.3. The summed E-state index contributed by atoms with van der Waals surface area (Å²) < 4.78 is 11.3. The maximum Gasteiger partial charge on any atom is 0.148 e. The van der Waals surface area contributed by atoms with E-state index in [0.29, 0.717) is 11.4 Å². The number of fused-ring (bicyclic) bond motifs is 1. The second kappa shape index (κ2) is 19.6. The topological polar surface area (TPSA) is 50.9 Å². The smallest absolute Gasteiger partial charge is 0.148 e. The van der Waals surface area contributed by atoms with Crippen LogP contribution in [0.25, 0.3) is 95.0 Å². The average molecular weight is 1070 g/mol. The molecule has 2 heterocycles. The van der Waals surface area contributed by atoms with E-state index in [2.05, 4.69) is 208 Å². The van der Waals surface area contributed by atoms with Crippen LogP contribution in [0.15, 0.2) is 194 Å². The van der Waals surface area contributed by atoms with Crippen molar-refractivity contribution in [3.05, 3.63) is 217 Å². The van der Waals surface area contributed by atoms with Gasteiger partial charge in [-0.05, 0) is 98.1 Å². The maximum atomic E-state index is 12.3. The van der Waals surface area contributed by atoms with Crippen LogP contribution in [0.4, 0.5) is 0 Å². The molecule has 0 fully saturated rings. The summed E-state index contributed by atoms with van der Waals surface area (Å²) in [5.41, 5.74) is 18.3. The fourth-order valence-electron chi connectivity index (χ4n) is 9.15. The van der Waals surface area contributed by atoms with Crippen LogP contribution < -0.4 is 0 Å². The number of rotatable bonds is 11. The van der Waals surface area contributed by atoms with E-state index in [9.17, 15) is 5.11 Å². The van der Waals surface area contributed by atoms with Crippen molar-refractivity contribution in [1.29, 1.82) is 0 Å². The summed E-state index contributed by atoms with van der Waals surface area (Å²) in [5.74, 6) is 0.329. The molecule has 0 atom stereocenters. The van der Waals surface area contributed by atoms with E-state index in [1.165, 1.54) is 11.1 Å². The van der Waals surface area contributed by atoms with Crippen LogP contribution in [0.5, 0.6) is 5.75 Å². The minimum absolute atomic E-state index is 0. The van der Waals surface area contributed by atoms with Crippen molar-refractivity contribution >= 4 is 11.0 Å². The molecular formula is C63H54N3OPt-. The molecule has 5 heteroatoms. The normalized spacial score (nSPS) is 11.8. The summed E-state index contributed by atoms with van der Waals surface area (Å²) in [4.78, 5) is 10.6. The third-order valence-corrected chi connectivity index (χ3v) is 12.9. The number of nitrogens with zero attached hydrogens (tertiary/aromatic N) is 3. The van der Waals surface area contributed by atoms with Gasteiger partial charge in [-0.15, -0.1) is 23.8 Å². The fraction of sp³-hybridized carbons (Fsp3) is 0.143. The molecule has 10 rings (SSSR count). The number of aromatic hydroxyl groups is 1. The van der Waals surface area contributed by atoms with Gasteiger partial charge >= 0.3 is 0 Å². The van der Waals surface area contributed by atoms with Crippen LogP contribution in [-0.4, -0.2) is 19.6 Å². The largest absolute Gasteiger partial charge is 0.507 e. The Labute approximate surface area is 416 Å². The van der Waals surface area contributed by atoms with Gasteiger partial charge in [0, 0.05) is 39.9 Å². The molecule has 0 amide bonds. The molecule has 0 spiro atoms. The average Bonchev–Trinajstić information content (AvgIpc) is 3.76. The zero-order valence-corrected chi connectivity index (χ0v) is 41.5. The Morgan fingerprint density at radius 1 is 0.500 bits per heavy atom. The summed E-state index contributed by atoms with van der Waals surface area (Å²) >= 11 is 0. The number of phenols is 1. The van der Waals surface area contributed by atoms with Gasteiger partial charge in [0.25, 0.3) is 0 Å². The zero-order chi connectivity index (χ0) is 47.1. The van der Waals surface area contributed by atoms with Crippen molar-refractivity contribution in [3.8, 4) is 89.7 Å². The Bertz CT molecular complexity index is 3430. The van der Waals surface area contributed by atoms with Gasteiger partial charge in [0.2, 0.25) is 0 Å². The van der Waals surface area contributed by atoms with E-state index < -0.39 is 5.89 Å². The van der Waals surface area contributed by atoms with Crippen LogP contribution in [0.2, 0.25) is 0 Å². The van der Waals surface area contributed by atoms with Gasteiger partial charge in [0.1, 0.15) is 11.6 Å². The molecule has 0 aliphatic heterocycles. The summed E-state index contributed by atoms with van der Waals surface area (Å²) in [6, 6.07) is 69.3. The van der Waals surface area contributed by atoms with Gasteiger partial charge in [-0.25, -0.2) is 4.98 Å². The summed E-state index contributed by atoms with van der Waals surface area (Å²) in [6.45, 7) is 12.5. The number of imidazole rings is 1. The molecule has 2 aromatic heterocycles. The first-order valence-electron chi connectivity index (χ1n) is 23.8. The van der Waals surface area contributed by atoms with Crippen molar-refractivity contribution in [2.45, 2.75) is 59.3 Å². The van der Waals surface area contributed by atoms with Crippen molar-refractivity contribution in [1.82, 2.24) is 14.5 Å². The molecule has 0 aliphatic rings. The van der Waals surface area contributed by atoms with Gasteiger partial charge in [-0.1, -0.05) is 204 Å². The zero-order valence-electron chi connectivity index (χ0n) is 40.2. The van der Waals surface area contributed by atoms with Crippen molar-refractivity contribution < 1.29 is 27.5 Å². The molecule has 0 unspecified atom stereocenters. The third-order valence-electron chi connectivity index (χ3n) is 12.9. The molecular weight excluding hydrogens is 1010 g/mol. The minimum atomic E-state index is -0.830. The van der Waals surface area contributed by atoms with E-state index in [1.807, 2.05) is 38.2 Å². The number of aromatic nitrogens is 3. The van der Waals surface area contributed by atoms with Crippen molar-refractivity contribution in [2.75, 3.05) is 0 Å². The SMILES string of the molecule is [2H]C(C)(C)c1ccc(-n2c(-c3cc(C(C)C)cc(C(C)C)c3O)nc3c(-c4[c-]c(-c5cc(-c6ccc(-c7ccccc7)cc6)ccn5)cc(-c5ccccc5)c4)cccc32)c(-c2ccccc2)c1.[Pt]. The number of pyridine rings is 1. The minimum Gasteiger partial charge on any atom is -0.507 e. The Morgan fingerprint density at radius 3 is 1.72 bits per heavy atom. The van der Waals surface area contributed by atoms with Crippen molar-refractivity contribution in [2.24, 2.45) is 0 Å². The molecule has 0 saturated heterocycles. The Morgan fingerprint density at radius 2 is 1.09 bits per heavy atom. The number of hydrogen-bond donors (Lipinski definition) is 1. The van der Waals surface area contributed by atoms with E-state index in [-0.39, 0.29) is 38.7 Å². The van der Waals surface area contributed by atoms with E-state index >= 15 is 0 Å². The predicted molar refractivity (Wildman–Crippen MR) is 280 cm³/mol. The first-order valence-corrected chi connectivity index (χ1v) is 23.3. The molecule has 10 aromatic rings. The molecule has 0 bridgehead atoms. The molecule has 0 aliphatic carbocycles. The first-order chi connectivity index (χ1) is 32.9. The Balaban J connectivity index is 0.00000593. The van der Waals surface area contributed by atoms with E-state index in [1.54, 1.807) is 0 Å². The Hall–Kier alpha value is -7.13. The van der Waals surface area contributed by atoms with Gasteiger partial charge in [0.15, 0.2) is 0 Å². The predicted octanol–water partition coefficient (Wildman–Crippen LogP) is 17.0. The molecule has 338 valence electrons. The standard InChI is InChI=1S/C63H54N3O.Pt/c1-40(2)48-29-30-59(56(36-48)47-21-14-9-15-22-47)66-60-24-16-23-54(61(60)65-63(66)57-38-50(41(3)4)37-55(42(5)6)62(57)67)52-33-51(44-19-12-8-13-20-44)34-53(35-52)58-39-49(31-32-64-58)46-27-25-45(26-28-46)43-17-10-7-11-18-43;/h7-34,36-42,67H,1-6H3;/q-1;/i40D;. The quantitative estimate of drug-likeness (QED) is 0.131. The van der Waals surface area contributed by atoms with Gasteiger partial charge in [-0.3, -0.25) is 9.55 Å². The van der Waals surface area contributed by atoms with Crippen molar-refractivity contribution in [3.63, 3.8) is 0 Å². The second-order valence-electron chi connectivity index (χ2n) is 18.3. The monoisotopic (exact) mass is 1060 g/mol. The number of phenolic OH excluding ortho intramolecular Hbond substituents is 1. The number of benzene rings is 8. The van der Waals surface area contributed by atoms with Crippen LogP contribution in [0.1, 0.15) is 77.3 Å². The molecule has 0 radical (unpaired) electrons. The summed E-state index contributed by atoms with van der Waals surface area (Å²) in [5, 5.41) is 12.3. The van der Waals surface area contributed by atoms with Gasteiger partial charge in [0.05, 0.1) is 22.3 Å². The van der Waals surface area contributed by atoms with E-state index in [0.717, 1.165) is 89.2 Å². The Kier molecular flexibility index (Phi) is 12.9. The molecule has 68 heavy (non-hydrogen) atoms.